The first kappa shape index (κ1) is 21.1. The van der Waals surface area contributed by atoms with Crippen molar-refractivity contribution in [2.24, 2.45) is 0 Å². The molecule has 6 heteroatoms. The average molecular weight is 426 g/mol. The maximum atomic E-state index is 12.9. The first-order valence-corrected chi connectivity index (χ1v) is 10.2. The highest BCUT2D eigenvalue weighted by Crippen LogP contribution is 2.18. The Bertz CT molecular complexity index is 1240. The molecule has 0 aliphatic carbocycles. The molecule has 6 nitrogen and oxygen atoms in total. The van der Waals surface area contributed by atoms with Crippen LogP contribution in [0.25, 0.3) is 10.9 Å². The molecule has 0 saturated carbocycles. The number of rotatable bonds is 8. The van der Waals surface area contributed by atoms with Crippen LogP contribution in [0.5, 0.6) is 5.75 Å². The second kappa shape index (κ2) is 9.75. The smallest absolute Gasteiger partial charge is 0.326 e. The number of fused-ring (bicyclic) bond motifs is 1. The van der Waals surface area contributed by atoms with Gasteiger partial charge in [0.25, 0.3) is 5.91 Å². The van der Waals surface area contributed by atoms with Crippen molar-refractivity contribution in [2.45, 2.75) is 19.1 Å². The number of carbonyl (C=O) groups excluding carboxylic acids is 1. The summed E-state index contributed by atoms with van der Waals surface area (Å²) in [5.41, 5.74) is 2.67. The van der Waals surface area contributed by atoms with E-state index in [0.29, 0.717) is 23.4 Å². The molecule has 0 fully saturated rings. The van der Waals surface area contributed by atoms with E-state index in [-0.39, 0.29) is 6.42 Å². The van der Waals surface area contributed by atoms with Gasteiger partial charge in [-0.15, -0.1) is 0 Å². The van der Waals surface area contributed by atoms with Crippen LogP contribution >= 0.6 is 0 Å². The molecule has 1 aromatic heterocycles. The SMILES string of the molecule is O=C(N[C@H](Cc1cccc(OCc2ccccc2)c1)C(=O)O)c1cccc2cccnc12. The third kappa shape index (κ3) is 5.10. The monoisotopic (exact) mass is 426 g/mol. The summed E-state index contributed by atoms with van der Waals surface area (Å²) in [6, 6.07) is 24.8. The Hall–Kier alpha value is -4.19. The van der Waals surface area contributed by atoms with Crippen LogP contribution in [-0.2, 0) is 17.8 Å². The molecule has 3 aromatic carbocycles. The molecule has 0 unspecified atom stereocenters. The van der Waals surface area contributed by atoms with Crippen molar-refractivity contribution in [2.75, 3.05) is 0 Å². The number of aliphatic carboxylic acids is 1. The van der Waals surface area contributed by atoms with Gasteiger partial charge in [0.1, 0.15) is 18.4 Å². The predicted molar refractivity (Wildman–Crippen MR) is 122 cm³/mol. The van der Waals surface area contributed by atoms with Crippen molar-refractivity contribution < 1.29 is 19.4 Å². The van der Waals surface area contributed by atoms with Crippen LogP contribution in [0.1, 0.15) is 21.5 Å². The van der Waals surface area contributed by atoms with Gasteiger partial charge in [-0.3, -0.25) is 9.78 Å². The number of aromatic nitrogens is 1. The van der Waals surface area contributed by atoms with Gasteiger partial charge in [0.2, 0.25) is 0 Å². The second-order valence-corrected chi connectivity index (χ2v) is 7.37. The minimum Gasteiger partial charge on any atom is -0.489 e. The van der Waals surface area contributed by atoms with Crippen molar-refractivity contribution in [3.8, 4) is 5.75 Å². The van der Waals surface area contributed by atoms with Crippen LogP contribution in [0.2, 0.25) is 0 Å². The van der Waals surface area contributed by atoms with Gasteiger partial charge in [-0.1, -0.05) is 60.7 Å². The Kier molecular flexibility index (Phi) is 6.41. The van der Waals surface area contributed by atoms with E-state index in [1.165, 1.54) is 0 Å². The van der Waals surface area contributed by atoms with E-state index in [9.17, 15) is 14.7 Å². The maximum absolute atomic E-state index is 12.9. The van der Waals surface area contributed by atoms with Crippen molar-refractivity contribution >= 4 is 22.8 Å². The molecule has 0 radical (unpaired) electrons. The van der Waals surface area contributed by atoms with E-state index in [2.05, 4.69) is 10.3 Å². The lowest BCUT2D eigenvalue weighted by molar-refractivity contribution is -0.139. The number of hydrogen-bond donors (Lipinski definition) is 2. The highest BCUT2D eigenvalue weighted by atomic mass is 16.5. The number of carbonyl (C=O) groups is 2. The molecule has 0 bridgehead atoms. The first-order chi connectivity index (χ1) is 15.6. The van der Waals surface area contributed by atoms with Crippen LogP contribution in [0.3, 0.4) is 0 Å². The Morgan fingerprint density at radius 2 is 1.66 bits per heavy atom. The summed E-state index contributed by atoms with van der Waals surface area (Å²) in [5, 5.41) is 13.1. The minimum atomic E-state index is -1.11. The molecule has 2 N–H and O–H groups in total. The van der Waals surface area contributed by atoms with E-state index >= 15 is 0 Å². The van der Waals surface area contributed by atoms with E-state index < -0.39 is 17.9 Å². The minimum absolute atomic E-state index is 0.127. The van der Waals surface area contributed by atoms with Crippen molar-refractivity contribution in [1.82, 2.24) is 10.3 Å². The number of hydrogen-bond acceptors (Lipinski definition) is 4. The van der Waals surface area contributed by atoms with Gasteiger partial charge >= 0.3 is 5.97 Å². The van der Waals surface area contributed by atoms with Crippen LogP contribution < -0.4 is 10.1 Å². The van der Waals surface area contributed by atoms with Crippen molar-refractivity contribution in [3.05, 3.63) is 108 Å². The van der Waals surface area contributed by atoms with E-state index in [1.54, 1.807) is 30.5 Å². The van der Waals surface area contributed by atoms with Crippen LogP contribution in [0, 0.1) is 0 Å². The highest BCUT2D eigenvalue weighted by Gasteiger charge is 2.22. The second-order valence-electron chi connectivity index (χ2n) is 7.37. The highest BCUT2D eigenvalue weighted by molar-refractivity contribution is 6.06. The van der Waals surface area contributed by atoms with Crippen molar-refractivity contribution in [3.63, 3.8) is 0 Å². The maximum Gasteiger partial charge on any atom is 0.326 e. The average Bonchev–Trinajstić information content (AvgIpc) is 2.83. The van der Waals surface area contributed by atoms with Crippen LogP contribution in [-0.4, -0.2) is 28.0 Å². The summed E-state index contributed by atoms with van der Waals surface area (Å²) >= 11 is 0. The first-order valence-electron chi connectivity index (χ1n) is 10.2. The molecular formula is C26H22N2O4. The largest absolute Gasteiger partial charge is 0.489 e. The molecule has 1 atom stereocenters. The summed E-state index contributed by atoms with van der Waals surface area (Å²) in [5.74, 6) is -0.944. The normalized spacial score (nSPS) is 11.6. The summed E-state index contributed by atoms with van der Waals surface area (Å²) in [6.45, 7) is 0.414. The summed E-state index contributed by atoms with van der Waals surface area (Å²) in [7, 11) is 0. The van der Waals surface area contributed by atoms with Gasteiger partial charge in [-0.2, -0.15) is 0 Å². The number of amides is 1. The molecule has 0 aliphatic rings. The van der Waals surface area contributed by atoms with Gasteiger partial charge in [-0.05, 0) is 35.4 Å². The fourth-order valence-electron chi connectivity index (χ4n) is 3.46. The number of ether oxygens (including phenoxy) is 1. The Labute approximate surface area is 185 Å². The summed E-state index contributed by atoms with van der Waals surface area (Å²) in [4.78, 5) is 29.0. The number of pyridine rings is 1. The van der Waals surface area contributed by atoms with Gasteiger partial charge in [-0.25, -0.2) is 4.79 Å². The number of carboxylic acids is 1. The molecule has 1 amide bonds. The number of nitrogens with one attached hydrogen (secondary N) is 1. The lowest BCUT2D eigenvalue weighted by Crippen LogP contribution is -2.42. The predicted octanol–water partition coefficient (Wildman–Crippen LogP) is 4.24. The number of nitrogens with zero attached hydrogens (tertiary/aromatic N) is 1. The van der Waals surface area contributed by atoms with Crippen molar-refractivity contribution in [1.29, 1.82) is 0 Å². The zero-order valence-corrected chi connectivity index (χ0v) is 17.3. The van der Waals surface area contributed by atoms with Gasteiger partial charge < -0.3 is 15.2 Å². The molecule has 4 rings (SSSR count). The molecule has 4 aromatic rings. The summed E-state index contributed by atoms with van der Waals surface area (Å²) < 4.78 is 5.83. The Morgan fingerprint density at radius 1 is 0.906 bits per heavy atom. The zero-order chi connectivity index (χ0) is 22.3. The molecule has 1 heterocycles. The fourth-order valence-corrected chi connectivity index (χ4v) is 3.46. The molecular weight excluding hydrogens is 404 g/mol. The third-order valence-electron chi connectivity index (χ3n) is 5.07. The Balaban J connectivity index is 1.46. The quantitative estimate of drug-likeness (QED) is 0.440. The van der Waals surface area contributed by atoms with Gasteiger partial charge in [0.05, 0.1) is 11.1 Å². The third-order valence-corrected chi connectivity index (χ3v) is 5.07. The van der Waals surface area contributed by atoms with Gasteiger partial charge in [0.15, 0.2) is 0 Å². The summed E-state index contributed by atoms with van der Waals surface area (Å²) in [6.07, 6.45) is 1.73. The Morgan fingerprint density at radius 3 is 2.47 bits per heavy atom. The van der Waals surface area contributed by atoms with Gasteiger partial charge in [0, 0.05) is 18.0 Å². The topological polar surface area (TPSA) is 88.5 Å². The zero-order valence-electron chi connectivity index (χ0n) is 17.3. The molecule has 0 aliphatic heterocycles. The van der Waals surface area contributed by atoms with E-state index in [1.807, 2.05) is 60.7 Å². The fraction of sp³-hybridized carbons (Fsp3) is 0.115. The number of carboxylic acid groups (broad SMARTS) is 1. The number of benzene rings is 3. The lowest BCUT2D eigenvalue weighted by Gasteiger charge is -2.16. The number of para-hydroxylation sites is 1. The van der Waals surface area contributed by atoms with E-state index in [4.69, 9.17) is 4.74 Å². The molecule has 32 heavy (non-hydrogen) atoms. The molecule has 0 saturated heterocycles. The molecule has 0 spiro atoms. The standard InChI is InChI=1S/C26H22N2O4/c29-25(22-13-5-10-20-11-6-14-27-24(20)22)28-23(26(30)31)16-19-9-4-12-21(15-19)32-17-18-7-2-1-3-8-18/h1-15,23H,16-17H2,(H,28,29)(H,30,31)/t23-/m1/s1. The van der Waals surface area contributed by atoms with E-state index in [0.717, 1.165) is 16.5 Å². The van der Waals surface area contributed by atoms with Crippen LogP contribution in [0.4, 0.5) is 0 Å². The lowest BCUT2D eigenvalue weighted by atomic mass is 10.0. The molecule has 160 valence electrons. The van der Waals surface area contributed by atoms with Crippen LogP contribution in [0.15, 0.2) is 91.1 Å².